The van der Waals surface area contributed by atoms with Crippen LogP contribution in [0.25, 0.3) is 0 Å². The minimum absolute atomic E-state index is 0.0636. The highest BCUT2D eigenvalue weighted by Crippen LogP contribution is 2.35. The van der Waals surface area contributed by atoms with Crippen LogP contribution in [0.1, 0.15) is 25.0 Å². The molecule has 4 nitrogen and oxygen atoms in total. The third-order valence-electron chi connectivity index (χ3n) is 4.44. The molecule has 0 saturated carbocycles. The Labute approximate surface area is 147 Å². The molecule has 0 aliphatic carbocycles. The minimum Gasteiger partial charge on any atom is -0.486 e. The van der Waals surface area contributed by atoms with Crippen LogP contribution in [0.5, 0.6) is 11.5 Å². The summed E-state index contributed by atoms with van der Waals surface area (Å²) < 4.78 is 24.0. The molecule has 25 heavy (non-hydrogen) atoms. The van der Waals surface area contributed by atoms with Gasteiger partial charge in [0, 0.05) is 6.54 Å². The largest absolute Gasteiger partial charge is 0.486 e. The van der Waals surface area contributed by atoms with Gasteiger partial charge in [0.05, 0.1) is 5.41 Å². The molecule has 0 atom stereocenters. The summed E-state index contributed by atoms with van der Waals surface area (Å²) in [5.41, 5.74) is 1.16. The lowest BCUT2D eigenvalue weighted by Gasteiger charge is -2.26. The molecule has 0 saturated heterocycles. The molecule has 2 aromatic rings. The number of rotatable bonds is 5. The fourth-order valence-corrected chi connectivity index (χ4v) is 2.76. The van der Waals surface area contributed by atoms with Gasteiger partial charge in [0.25, 0.3) is 0 Å². The van der Waals surface area contributed by atoms with E-state index >= 15 is 0 Å². The summed E-state index contributed by atoms with van der Waals surface area (Å²) in [6.45, 7) is 5.32. The van der Waals surface area contributed by atoms with Crippen LogP contribution in [-0.4, -0.2) is 25.7 Å². The van der Waals surface area contributed by atoms with Gasteiger partial charge >= 0.3 is 0 Å². The minimum atomic E-state index is -0.696. The van der Waals surface area contributed by atoms with Crippen LogP contribution in [0, 0.1) is 5.82 Å². The second kappa shape index (κ2) is 7.13. The molecule has 0 unspecified atom stereocenters. The summed E-state index contributed by atoms with van der Waals surface area (Å²) in [4.78, 5) is 12.6. The first-order valence-electron chi connectivity index (χ1n) is 8.40. The second-order valence-electron chi connectivity index (χ2n) is 6.62. The molecular formula is C20H22FNO3. The number of amides is 1. The fourth-order valence-electron chi connectivity index (χ4n) is 2.76. The first-order valence-corrected chi connectivity index (χ1v) is 8.40. The maximum atomic E-state index is 12.9. The summed E-state index contributed by atoms with van der Waals surface area (Å²) >= 11 is 0. The molecule has 0 spiro atoms. The van der Waals surface area contributed by atoms with Gasteiger partial charge in [-0.15, -0.1) is 0 Å². The van der Waals surface area contributed by atoms with Crippen LogP contribution in [0.15, 0.2) is 42.5 Å². The molecule has 1 amide bonds. The van der Waals surface area contributed by atoms with Crippen LogP contribution in [0.4, 0.5) is 4.39 Å². The quantitative estimate of drug-likeness (QED) is 0.907. The highest BCUT2D eigenvalue weighted by Gasteiger charge is 2.30. The molecule has 0 bridgehead atoms. The van der Waals surface area contributed by atoms with Crippen molar-refractivity contribution in [2.24, 2.45) is 0 Å². The lowest BCUT2D eigenvalue weighted by atomic mass is 9.83. The Morgan fingerprint density at radius 1 is 1.08 bits per heavy atom. The molecule has 3 rings (SSSR count). The Morgan fingerprint density at radius 2 is 1.76 bits per heavy atom. The van der Waals surface area contributed by atoms with Crippen molar-refractivity contribution in [2.45, 2.75) is 25.7 Å². The van der Waals surface area contributed by atoms with E-state index < -0.39 is 5.41 Å². The molecule has 2 aromatic carbocycles. The maximum absolute atomic E-state index is 12.9. The standard InChI is InChI=1S/C20H22FNO3/c1-20(2,15-5-8-17-18(13-15)25-12-11-24-17)19(23)22-10-9-14-3-6-16(21)7-4-14/h3-8,13H,9-12H2,1-2H3,(H,22,23). The predicted octanol–water partition coefficient (Wildman–Crippen LogP) is 3.23. The van der Waals surface area contributed by atoms with E-state index in [1.165, 1.54) is 12.1 Å². The van der Waals surface area contributed by atoms with Crippen molar-refractivity contribution in [3.05, 3.63) is 59.4 Å². The molecule has 0 fully saturated rings. The van der Waals surface area contributed by atoms with Gasteiger partial charge in [-0.1, -0.05) is 18.2 Å². The summed E-state index contributed by atoms with van der Waals surface area (Å²) in [6.07, 6.45) is 0.656. The number of benzene rings is 2. The van der Waals surface area contributed by atoms with Gasteiger partial charge < -0.3 is 14.8 Å². The highest BCUT2D eigenvalue weighted by molar-refractivity contribution is 5.87. The van der Waals surface area contributed by atoms with E-state index in [1.54, 1.807) is 12.1 Å². The second-order valence-corrected chi connectivity index (χ2v) is 6.62. The lowest BCUT2D eigenvalue weighted by molar-refractivity contribution is -0.125. The van der Waals surface area contributed by atoms with Crippen molar-refractivity contribution in [1.29, 1.82) is 0 Å². The van der Waals surface area contributed by atoms with Crippen molar-refractivity contribution in [1.82, 2.24) is 5.32 Å². The Morgan fingerprint density at radius 3 is 2.48 bits per heavy atom. The Balaban J connectivity index is 1.62. The molecule has 1 aliphatic rings. The lowest BCUT2D eigenvalue weighted by Crippen LogP contribution is -2.41. The number of carbonyl (C=O) groups excluding carboxylic acids is 1. The zero-order chi connectivity index (χ0) is 17.9. The summed E-state index contributed by atoms with van der Waals surface area (Å²) in [7, 11) is 0. The predicted molar refractivity (Wildman–Crippen MR) is 93.6 cm³/mol. The van der Waals surface area contributed by atoms with E-state index in [0.29, 0.717) is 37.7 Å². The van der Waals surface area contributed by atoms with Crippen molar-refractivity contribution in [2.75, 3.05) is 19.8 Å². The number of hydrogen-bond donors (Lipinski definition) is 1. The average molecular weight is 343 g/mol. The first-order chi connectivity index (χ1) is 12.0. The Hall–Kier alpha value is -2.56. The van der Waals surface area contributed by atoms with Gasteiger partial charge in [0.1, 0.15) is 19.0 Å². The highest BCUT2D eigenvalue weighted by atomic mass is 19.1. The van der Waals surface area contributed by atoms with Crippen LogP contribution >= 0.6 is 0 Å². The van der Waals surface area contributed by atoms with Gasteiger partial charge in [-0.25, -0.2) is 4.39 Å². The van der Waals surface area contributed by atoms with Gasteiger partial charge in [0.15, 0.2) is 11.5 Å². The molecule has 1 N–H and O–H groups in total. The van der Waals surface area contributed by atoms with Crippen molar-refractivity contribution in [3.8, 4) is 11.5 Å². The van der Waals surface area contributed by atoms with Gasteiger partial charge in [-0.3, -0.25) is 4.79 Å². The van der Waals surface area contributed by atoms with Gasteiger partial charge in [-0.2, -0.15) is 0 Å². The molecule has 1 heterocycles. The average Bonchev–Trinajstić information content (AvgIpc) is 2.62. The first kappa shape index (κ1) is 17.3. The molecule has 5 heteroatoms. The number of nitrogens with one attached hydrogen (secondary N) is 1. The van der Waals surface area contributed by atoms with Crippen molar-refractivity contribution in [3.63, 3.8) is 0 Å². The van der Waals surface area contributed by atoms with E-state index in [9.17, 15) is 9.18 Å². The topological polar surface area (TPSA) is 47.6 Å². The smallest absolute Gasteiger partial charge is 0.230 e. The van der Waals surface area contributed by atoms with E-state index in [4.69, 9.17) is 9.47 Å². The monoisotopic (exact) mass is 343 g/mol. The summed E-state index contributed by atoms with van der Waals surface area (Å²) in [6, 6.07) is 11.9. The number of ether oxygens (including phenoxy) is 2. The van der Waals surface area contributed by atoms with Crippen LogP contribution in [-0.2, 0) is 16.6 Å². The van der Waals surface area contributed by atoms with Gasteiger partial charge in [-0.05, 0) is 55.7 Å². The molecule has 0 radical (unpaired) electrons. The Kier molecular flexibility index (Phi) is 4.93. The maximum Gasteiger partial charge on any atom is 0.230 e. The number of carbonyl (C=O) groups is 1. The zero-order valence-corrected chi connectivity index (χ0v) is 14.5. The molecule has 1 aliphatic heterocycles. The van der Waals surface area contributed by atoms with Crippen LogP contribution in [0.3, 0.4) is 0 Å². The fraction of sp³-hybridized carbons (Fsp3) is 0.350. The molecular weight excluding hydrogens is 321 g/mol. The number of hydrogen-bond acceptors (Lipinski definition) is 3. The third-order valence-corrected chi connectivity index (χ3v) is 4.44. The zero-order valence-electron chi connectivity index (χ0n) is 14.5. The number of halogens is 1. The normalized spacial score (nSPS) is 13.4. The SMILES string of the molecule is CC(C)(C(=O)NCCc1ccc(F)cc1)c1ccc2c(c1)OCCO2. The van der Waals surface area contributed by atoms with Gasteiger partial charge in [0.2, 0.25) is 5.91 Å². The van der Waals surface area contributed by atoms with E-state index in [-0.39, 0.29) is 11.7 Å². The van der Waals surface area contributed by atoms with Crippen LogP contribution in [0.2, 0.25) is 0 Å². The number of fused-ring (bicyclic) bond motifs is 1. The Bertz CT molecular complexity index is 756. The van der Waals surface area contributed by atoms with Crippen LogP contribution < -0.4 is 14.8 Å². The summed E-state index contributed by atoms with van der Waals surface area (Å²) in [5.74, 6) is 1.07. The van der Waals surface area contributed by atoms with E-state index in [2.05, 4.69) is 5.32 Å². The summed E-state index contributed by atoms with van der Waals surface area (Å²) in [5, 5.41) is 2.96. The van der Waals surface area contributed by atoms with E-state index in [1.807, 2.05) is 32.0 Å². The van der Waals surface area contributed by atoms with E-state index in [0.717, 1.165) is 11.1 Å². The van der Waals surface area contributed by atoms with Crippen molar-refractivity contribution >= 4 is 5.91 Å². The third kappa shape index (κ3) is 3.92. The van der Waals surface area contributed by atoms with Crippen molar-refractivity contribution < 1.29 is 18.7 Å². The molecule has 132 valence electrons. The molecule has 0 aromatic heterocycles.